The SMILES string of the molecule is CCOc1cc(/C=C2\SC(=O)N(CC(=O)N3CCCCC3)C2=O)ccc1OCc1ccc([N+](=O)[O-])cc1. The van der Waals surface area contributed by atoms with E-state index in [-0.39, 0.29) is 29.7 Å². The molecule has 3 amide bonds. The average molecular weight is 526 g/mol. The van der Waals surface area contributed by atoms with E-state index < -0.39 is 16.1 Å². The molecule has 0 unspecified atom stereocenters. The topological polar surface area (TPSA) is 119 Å². The van der Waals surface area contributed by atoms with Gasteiger partial charge in [-0.1, -0.05) is 6.07 Å². The Bertz CT molecular complexity index is 1220. The monoisotopic (exact) mass is 525 g/mol. The van der Waals surface area contributed by atoms with Gasteiger partial charge < -0.3 is 14.4 Å². The molecule has 2 aliphatic heterocycles. The highest BCUT2D eigenvalue weighted by Gasteiger charge is 2.37. The van der Waals surface area contributed by atoms with Crippen molar-refractivity contribution in [3.63, 3.8) is 0 Å². The number of benzene rings is 2. The molecule has 4 rings (SSSR count). The molecule has 0 spiro atoms. The fourth-order valence-electron chi connectivity index (χ4n) is 4.04. The van der Waals surface area contributed by atoms with E-state index in [1.807, 2.05) is 6.92 Å². The maximum atomic E-state index is 12.9. The van der Waals surface area contributed by atoms with Crippen molar-refractivity contribution in [2.75, 3.05) is 26.2 Å². The van der Waals surface area contributed by atoms with Crippen LogP contribution in [0.25, 0.3) is 6.08 Å². The minimum Gasteiger partial charge on any atom is -0.490 e. The van der Waals surface area contributed by atoms with Gasteiger partial charge in [-0.15, -0.1) is 0 Å². The molecule has 0 N–H and O–H groups in total. The van der Waals surface area contributed by atoms with Gasteiger partial charge in [0.1, 0.15) is 13.2 Å². The van der Waals surface area contributed by atoms with Crippen LogP contribution in [0.4, 0.5) is 10.5 Å². The highest BCUT2D eigenvalue weighted by Crippen LogP contribution is 2.35. The first kappa shape index (κ1) is 26.2. The van der Waals surface area contributed by atoms with Crippen LogP contribution in [0.3, 0.4) is 0 Å². The van der Waals surface area contributed by atoms with E-state index in [0.29, 0.717) is 36.8 Å². The third-order valence-electron chi connectivity index (χ3n) is 5.98. The first-order valence-corrected chi connectivity index (χ1v) is 12.8. The number of carbonyl (C=O) groups excluding carboxylic acids is 3. The van der Waals surface area contributed by atoms with Crippen molar-refractivity contribution in [3.05, 3.63) is 68.6 Å². The molecule has 0 aromatic heterocycles. The maximum Gasteiger partial charge on any atom is 0.294 e. The molecule has 0 bridgehead atoms. The lowest BCUT2D eigenvalue weighted by atomic mass is 10.1. The summed E-state index contributed by atoms with van der Waals surface area (Å²) in [5, 5.41) is 10.4. The molecule has 0 radical (unpaired) electrons. The number of imide groups is 1. The first-order chi connectivity index (χ1) is 17.9. The quantitative estimate of drug-likeness (QED) is 0.264. The molecule has 10 nitrogen and oxygen atoms in total. The minimum atomic E-state index is -0.489. The lowest BCUT2D eigenvalue weighted by molar-refractivity contribution is -0.384. The number of nitro benzene ring substituents is 1. The second-order valence-electron chi connectivity index (χ2n) is 8.56. The predicted molar refractivity (Wildman–Crippen MR) is 138 cm³/mol. The van der Waals surface area contributed by atoms with Crippen LogP contribution in [-0.2, 0) is 16.2 Å². The van der Waals surface area contributed by atoms with Gasteiger partial charge in [-0.05, 0) is 79.4 Å². The molecule has 2 fully saturated rings. The summed E-state index contributed by atoms with van der Waals surface area (Å²) in [6.45, 7) is 3.46. The number of likely N-dealkylation sites (tertiary alicyclic amines) is 1. The molecule has 11 heteroatoms. The van der Waals surface area contributed by atoms with Gasteiger partial charge in [-0.3, -0.25) is 29.4 Å². The molecule has 0 aliphatic carbocycles. The molecule has 2 aromatic rings. The van der Waals surface area contributed by atoms with Crippen molar-refractivity contribution in [3.8, 4) is 11.5 Å². The number of thioether (sulfide) groups is 1. The number of ether oxygens (including phenoxy) is 2. The molecule has 0 atom stereocenters. The summed E-state index contributed by atoms with van der Waals surface area (Å²) in [5.74, 6) is 0.225. The van der Waals surface area contributed by atoms with Gasteiger partial charge in [0.2, 0.25) is 5.91 Å². The van der Waals surface area contributed by atoms with Crippen molar-refractivity contribution >= 4 is 40.6 Å². The van der Waals surface area contributed by atoms with E-state index in [1.165, 1.54) is 12.1 Å². The number of nitro groups is 1. The zero-order valence-corrected chi connectivity index (χ0v) is 21.2. The van der Waals surface area contributed by atoms with Crippen LogP contribution in [0.5, 0.6) is 11.5 Å². The van der Waals surface area contributed by atoms with Crippen molar-refractivity contribution < 1.29 is 28.8 Å². The standard InChI is InChI=1S/C26H27N3O7S/c1-2-35-22-14-19(8-11-21(22)36-17-18-6-9-20(10-7-18)29(33)34)15-23-25(31)28(26(32)37-23)16-24(30)27-12-4-3-5-13-27/h6-11,14-15H,2-5,12-13,16-17H2,1H3/b23-15-. The molecule has 2 heterocycles. The van der Waals surface area contributed by atoms with Gasteiger partial charge in [0.05, 0.1) is 16.4 Å². The number of nitrogens with zero attached hydrogens (tertiary/aromatic N) is 3. The summed E-state index contributed by atoms with van der Waals surface area (Å²) >= 11 is 0.807. The Morgan fingerprint density at radius 1 is 1.05 bits per heavy atom. The molecule has 2 aromatic carbocycles. The summed E-state index contributed by atoms with van der Waals surface area (Å²) in [5.41, 5.74) is 1.40. The average Bonchev–Trinajstić information content (AvgIpc) is 3.16. The summed E-state index contributed by atoms with van der Waals surface area (Å²) in [6, 6.07) is 11.2. The Hall–Kier alpha value is -3.86. The van der Waals surface area contributed by atoms with E-state index in [1.54, 1.807) is 41.3 Å². The molecular formula is C26H27N3O7S. The normalized spacial score (nSPS) is 16.8. The van der Waals surface area contributed by atoms with Gasteiger partial charge in [-0.2, -0.15) is 0 Å². The van der Waals surface area contributed by atoms with Crippen LogP contribution in [0.2, 0.25) is 0 Å². The Kier molecular flexibility index (Phi) is 8.44. The Labute approximate surface area is 218 Å². The number of hydrogen-bond donors (Lipinski definition) is 0. The third kappa shape index (κ3) is 6.48. The number of rotatable bonds is 9. The van der Waals surface area contributed by atoms with Crippen LogP contribution in [-0.4, -0.2) is 58.0 Å². The van der Waals surface area contributed by atoms with E-state index in [4.69, 9.17) is 9.47 Å². The van der Waals surface area contributed by atoms with Gasteiger partial charge in [0.25, 0.3) is 16.8 Å². The van der Waals surface area contributed by atoms with Gasteiger partial charge in [0, 0.05) is 25.2 Å². The lowest BCUT2D eigenvalue weighted by Crippen LogP contribution is -2.44. The first-order valence-electron chi connectivity index (χ1n) is 12.0. The molecule has 194 valence electrons. The van der Waals surface area contributed by atoms with Gasteiger partial charge in [0.15, 0.2) is 11.5 Å². The van der Waals surface area contributed by atoms with Crippen LogP contribution in [0, 0.1) is 10.1 Å². The summed E-state index contributed by atoms with van der Waals surface area (Å²) in [4.78, 5) is 51.2. The highest BCUT2D eigenvalue weighted by atomic mass is 32.2. The Morgan fingerprint density at radius 2 is 1.78 bits per heavy atom. The number of amides is 3. The summed E-state index contributed by atoms with van der Waals surface area (Å²) in [6.07, 6.45) is 4.55. The zero-order valence-electron chi connectivity index (χ0n) is 20.4. The van der Waals surface area contributed by atoms with E-state index in [9.17, 15) is 24.5 Å². The second kappa shape index (κ2) is 11.9. The molecule has 2 saturated heterocycles. The number of hydrogen-bond acceptors (Lipinski definition) is 8. The summed E-state index contributed by atoms with van der Waals surface area (Å²) < 4.78 is 11.6. The minimum absolute atomic E-state index is 0.00313. The molecular weight excluding hydrogens is 498 g/mol. The Morgan fingerprint density at radius 3 is 2.46 bits per heavy atom. The van der Waals surface area contributed by atoms with Crippen molar-refractivity contribution in [2.45, 2.75) is 32.8 Å². The molecule has 37 heavy (non-hydrogen) atoms. The van der Waals surface area contributed by atoms with Crippen molar-refractivity contribution in [1.29, 1.82) is 0 Å². The Balaban J connectivity index is 1.44. The van der Waals surface area contributed by atoms with Crippen molar-refractivity contribution in [1.82, 2.24) is 9.80 Å². The van der Waals surface area contributed by atoms with Crippen LogP contribution < -0.4 is 9.47 Å². The van der Waals surface area contributed by atoms with Crippen molar-refractivity contribution in [2.24, 2.45) is 0 Å². The van der Waals surface area contributed by atoms with E-state index >= 15 is 0 Å². The smallest absolute Gasteiger partial charge is 0.294 e. The largest absolute Gasteiger partial charge is 0.490 e. The van der Waals surface area contributed by atoms with E-state index in [0.717, 1.165) is 41.5 Å². The van der Waals surface area contributed by atoms with Gasteiger partial charge in [-0.25, -0.2) is 0 Å². The van der Waals surface area contributed by atoms with Gasteiger partial charge >= 0.3 is 0 Å². The fraction of sp³-hybridized carbons (Fsp3) is 0.346. The fourth-order valence-corrected chi connectivity index (χ4v) is 4.88. The number of piperidine rings is 1. The lowest BCUT2D eigenvalue weighted by Gasteiger charge is -2.27. The predicted octanol–water partition coefficient (Wildman–Crippen LogP) is 4.62. The number of carbonyl (C=O) groups is 3. The maximum absolute atomic E-state index is 12.9. The van der Waals surface area contributed by atoms with Crippen LogP contribution in [0.1, 0.15) is 37.3 Å². The highest BCUT2D eigenvalue weighted by molar-refractivity contribution is 8.18. The molecule has 2 aliphatic rings. The van der Waals surface area contributed by atoms with Crippen LogP contribution >= 0.6 is 11.8 Å². The third-order valence-corrected chi connectivity index (χ3v) is 6.89. The van der Waals surface area contributed by atoms with E-state index in [2.05, 4.69) is 0 Å². The number of non-ortho nitro benzene ring substituents is 1. The second-order valence-corrected chi connectivity index (χ2v) is 9.55. The zero-order chi connectivity index (χ0) is 26.4. The van der Waals surface area contributed by atoms with Crippen LogP contribution in [0.15, 0.2) is 47.4 Å². The molecule has 0 saturated carbocycles. The summed E-state index contributed by atoms with van der Waals surface area (Å²) in [7, 11) is 0.